The first-order valence-electron chi connectivity index (χ1n) is 4.94. The number of aromatic amines is 1. The van der Waals surface area contributed by atoms with Gasteiger partial charge < -0.3 is 4.90 Å². The highest BCUT2D eigenvalue weighted by atomic mass is 16.1. The Labute approximate surface area is 89.7 Å². The van der Waals surface area contributed by atoms with Crippen LogP contribution in [0.15, 0.2) is 16.9 Å². The maximum Gasteiger partial charge on any atom is 0.256 e. The van der Waals surface area contributed by atoms with Gasteiger partial charge in [-0.1, -0.05) is 12.2 Å². The average Bonchev–Trinajstić information content (AvgIpc) is 2.16. The fourth-order valence-corrected chi connectivity index (χ4v) is 1.28. The smallest absolute Gasteiger partial charge is 0.256 e. The standard InChI is InChI=1S/C11H17N3O/c1-5-6-7-9-8(2)12-11(14(3)4)13-10(9)15/h5-6H,7H2,1-4H3,(H,12,13,15). The third kappa shape index (κ3) is 2.68. The fourth-order valence-electron chi connectivity index (χ4n) is 1.28. The van der Waals surface area contributed by atoms with Crippen molar-refractivity contribution in [3.05, 3.63) is 33.8 Å². The second-order valence-corrected chi connectivity index (χ2v) is 3.62. The normalized spacial score (nSPS) is 10.9. The van der Waals surface area contributed by atoms with Gasteiger partial charge in [-0.3, -0.25) is 9.78 Å². The van der Waals surface area contributed by atoms with Crippen LogP contribution in [-0.2, 0) is 6.42 Å². The van der Waals surface area contributed by atoms with Gasteiger partial charge in [0.05, 0.1) is 5.69 Å². The number of rotatable bonds is 3. The number of aryl methyl sites for hydroxylation is 1. The number of allylic oxidation sites excluding steroid dienone is 2. The summed E-state index contributed by atoms with van der Waals surface area (Å²) in [5, 5.41) is 0. The summed E-state index contributed by atoms with van der Waals surface area (Å²) in [4.78, 5) is 20.6. The van der Waals surface area contributed by atoms with Gasteiger partial charge in [0.1, 0.15) is 0 Å². The van der Waals surface area contributed by atoms with E-state index in [0.717, 1.165) is 11.3 Å². The van der Waals surface area contributed by atoms with Crippen LogP contribution in [0.2, 0.25) is 0 Å². The molecule has 4 nitrogen and oxygen atoms in total. The Morgan fingerprint density at radius 1 is 1.47 bits per heavy atom. The van der Waals surface area contributed by atoms with Gasteiger partial charge in [0.25, 0.3) is 5.56 Å². The SMILES string of the molecule is CC=CCc1c(C)nc(N(C)C)[nH]c1=O. The maximum atomic E-state index is 11.7. The van der Waals surface area contributed by atoms with Gasteiger partial charge in [-0.25, -0.2) is 4.98 Å². The average molecular weight is 207 g/mol. The molecule has 0 spiro atoms. The Bertz CT molecular complexity index is 418. The zero-order valence-electron chi connectivity index (χ0n) is 9.66. The monoisotopic (exact) mass is 207 g/mol. The summed E-state index contributed by atoms with van der Waals surface area (Å²) >= 11 is 0. The number of anilines is 1. The van der Waals surface area contributed by atoms with Crippen molar-refractivity contribution in [2.45, 2.75) is 20.3 Å². The van der Waals surface area contributed by atoms with Crippen LogP contribution in [0.5, 0.6) is 0 Å². The van der Waals surface area contributed by atoms with E-state index in [2.05, 4.69) is 9.97 Å². The van der Waals surface area contributed by atoms with E-state index in [-0.39, 0.29) is 5.56 Å². The molecule has 0 aliphatic rings. The first-order chi connectivity index (χ1) is 7.06. The summed E-state index contributed by atoms with van der Waals surface area (Å²) < 4.78 is 0. The molecule has 1 N–H and O–H groups in total. The Kier molecular flexibility index (Phi) is 3.66. The van der Waals surface area contributed by atoms with Crippen LogP contribution in [0.1, 0.15) is 18.2 Å². The van der Waals surface area contributed by atoms with E-state index < -0.39 is 0 Å². The van der Waals surface area contributed by atoms with Gasteiger partial charge in [-0.2, -0.15) is 0 Å². The molecule has 15 heavy (non-hydrogen) atoms. The van der Waals surface area contributed by atoms with Crippen molar-refractivity contribution in [1.29, 1.82) is 0 Å². The molecule has 0 amide bonds. The molecule has 0 saturated carbocycles. The molecule has 1 aromatic rings. The van der Waals surface area contributed by atoms with E-state index in [4.69, 9.17) is 0 Å². The largest absolute Gasteiger partial charge is 0.348 e. The molecule has 0 aromatic carbocycles. The molecule has 4 heteroatoms. The minimum absolute atomic E-state index is 0.0516. The molecule has 0 aliphatic carbocycles. The molecule has 82 valence electrons. The lowest BCUT2D eigenvalue weighted by Gasteiger charge is -2.12. The van der Waals surface area contributed by atoms with Crippen LogP contribution < -0.4 is 10.5 Å². The van der Waals surface area contributed by atoms with Crippen molar-refractivity contribution >= 4 is 5.95 Å². The first kappa shape index (κ1) is 11.5. The van der Waals surface area contributed by atoms with Crippen molar-refractivity contribution in [1.82, 2.24) is 9.97 Å². The Balaban J connectivity index is 3.15. The van der Waals surface area contributed by atoms with Gasteiger partial charge in [0, 0.05) is 19.7 Å². The van der Waals surface area contributed by atoms with Gasteiger partial charge in [-0.15, -0.1) is 0 Å². The topological polar surface area (TPSA) is 49.0 Å². The molecule has 0 unspecified atom stereocenters. The van der Waals surface area contributed by atoms with Gasteiger partial charge in [0.2, 0.25) is 5.95 Å². The van der Waals surface area contributed by atoms with E-state index in [1.807, 2.05) is 40.1 Å². The second-order valence-electron chi connectivity index (χ2n) is 3.62. The van der Waals surface area contributed by atoms with Crippen LogP contribution in [-0.4, -0.2) is 24.1 Å². The Morgan fingerprint density at radius 3 is 2.60 bits per heavy atom. The predicted octanol–water partition coefficient (Wildman–Crippen LogP) is 1.26. The van der Waals surface area contributed by atoms with Crippen LogP contribution in [0, 0.1) is 6.92 Å². The molecule has 0 atom stereocenters. The second kappa shape index (κ2) is 4.77. The number of hydrogen-bond acceptors (Lipinski definition) is 3. The van der Waals surface area contributed by atoms with Crippen molar-refractivity contribution in [2.24, 2.45) is 0 Å². The third-order valence-electron chi connectivity index (χ3n) is 2.19. The minimum Gasteiger partial charge on any atom is -0.348 e. The van der Waals surface area contributed by atoms with Gasteiger partial charge in [-0.05, 0) is 20.3 Å². The highest BCUT2D eigenvalue weighted by Gasteiger charge is 2.07. The van der Waals surface area contributed by atoms with E-state index in [0.29, 0.717) is 12.4 Å². The summed E-state index contributed by atoms with van der Waals surface area (Å²) in [6.07, 6.45) is 4.52. The molecule has 1 heterocycles. The summed E-state index contributed by atoms with van der Waals surface area (Å²) in [5.74, 6) is 0.599. The molecule has 0 fully saturated rings. The number of nitrogens with zero attached hydrogens (tertiary/aromatic N) is 2. The summed E-state index contributed by atoms with van der Waals surface area (Å²) in [6, 6.07) is 0. The van der Waals surface area contributed by atoms with E-state index >= 15 is 0 Å². The van der Waals surface area contributed by atoms with Crippen LogP contribution in [0.3, 0.4) is 0 Å². The minimum atomic E-state index is -0.0516. The predicted molar refractivity (Wildman–Crippen MR) is 62.4 cm³/mol. The zero-order chi connectivity index (χ0) is 11.4. The van der Waals surface area contributed by atoms with Crippen LogP contribution >= 0.6 is 0 Å². The highest BCUT2D eigenvalue weighted by Crippen LogP contribution is 2.05. The molecule has 0 aliphatic heterocycles. The first-order valence-corrected chi connectivity index (χ1v) is 4.94. The molecule has 0 saturated heterocycles. The zero-order valence-corrected chi connectivity index (χ0v) is 9.66. The molecule has 0 bridgehead atoms. The highest BCUT2D eigenvalue weighted by molar-refractivity contribution is 5.31. The van der Waals surface area contributed by atoms with E-state index in [9.17, 15) is 4.79 Å². The van der Waals surface area contributed by atoms with Crippen molar-refractivity contribution in [3.63, 3.8) is 0 Å². The lowest BCUT2D eigenvalue weighted by atomic mass is 10.1. The molecule has 0 radical (unpaired) electrons. The summed E-state index contributed by atoms with van der Waals surface area (Å²) in [7, 11) is 3.70. The molecular weight excluding hydrogens is 190 g/mol. The quantitative estimate of drug-likeness (QED) is 0.759. The van der Waals surface area contributed by atoms with E-state index in [1.165, 1.54) is 0 Å². The third-order valence-corrected chi connectivity index (χ3v) is 2.19. The molecule has 1 aromatic heterocycles. The lowest BCUT2D eigenvalue weighted by molar-refractivity contribution is 0.928. The number of nitrogens with one attached hydrogen (secondary N) is 1. The molecule has 1 rings (SSSR count). The van der Waals surface area contributed by atoms with Crippen LogP contribution in [0.4, 0.5) is 5.95 Å². The van der Waals surface area contributed by atoms with Gasteiger partial charge >= 0.3 is 0 Å². The fraction of sp³-hybridized carbons (Fsp3) is 0.455. The number of hydrogen-bond donors (Lipinski definition) is 1. The Hall–Kier alpha value is -1.58. The molecular formula is C11H17N3O. The van der Waals surface area contributed by atoms with Crippen molar-refractivity contribution in [3.8, 4) is 0 Å². The summed E-state index contributed by atoms with van der Waals surface area (Å²) in [5.41, 5.74) is 1.48. The van der Waals surface area contributed by atoms with Crippen molar-refractivity contribution in [2.75, 3.05) is 19.0 Å². The summed E-state index contributed by atoms with van der Waals surface area (Å²) in [6.45, 7) is 3.80. The maximum absolute atomic E-state index is 11.7. The number of aromatic nitrogens is 2. The number of H-pyrrole nitrogens is 1. The van der Waals surface area contributed by atoms with E-state index in [1.54, 1.807) is 4.90 Å². The lowest BCUT2D eigenvalue weighted by Crippen LogP contribution is -2.22. The van der Waals surface area contributed by atoms with Crippen LogP contribution in [0.25, 0.3) is 0 Å². The Morgan fingerprint density at radius 2 is 2.13 bits per heavy atom. The van der Waals surface area contributed by atoms with Gasteiger partial charge in [0.15, 0.2) is 0 Å². The van der Waals surface area contributed by atoms with Crippen molar-refractivity contribution < 1.29 is 0 Å².